The van der Waals surface area contributed by atoms with Crippen molar-refractivity contribution in [3.63, 3.8) is 0 Å². The van der Waals surface area contributed by atoms with Gasteiger partial charge in [-0.3, -0.25) is 20.2 Å². The zero-order chi connectivity index (χ0) is 39.4. The van der Waals surface area contributed by atoms with Gasteiger partial charge in [0.15, 0.2) is 22.3 Å². The number of H-pyrrole nitrogens is 1. The van der Waals surface area contributed by atoms with Crippen LogP contribution >= 0.6 is 43.1 Å². The molecule has 0 aliphatic rings. The number of aryl methyl sites for hydroxylation is 3. The van der Waals surface area contributed by atoms with Gasteiger partial charge < -0.3 is 38.1 Å². The Hall–Kier alpha value is -4.81. The first-order valence-corrected chi connectivity index (χ1v) is 17.6. The molecule has 1 unspecified atom stereocenters. The van der Waals surface area contributed by atoms with Crippen molar-refractivity contribution in [2.24, 2.45) is 5.73 Å². The van der Waals surface area contributed by atoms with E-state index in [2.05, 4.69) is 69.2 Å². The summed E-state index contributed by atoms with van der Waals surface area (Å²) in [6.45, 7) is 8.46. The van der Waals surface area contributed by atoms with Gasteiger partial charge in [0.2, 0.25) is 11.9 Å². The summed E-state index contributed by atoms with van der Waals surface area (Å²) in [5, 5.41) is 18.2. The van der Waals surface area contributed by atoms with Gasteiger partial charge in [-0.15, -0.1) is 12.4 Å². The summed E-state index contributed by atoms with van der Waals surface area (Å²) in [5.41, 5.74) is 26.4. The molecule has 0 fully saturated rings. The number of aliphatic hydroxyl groups excluding tert-OH is 1. The van der Waals surface area contributed by atoms with E-state index >= 15 is 0 Å². The van der Waals surface area contributed by atoms with Crippen LogP contribution in [-0.4, -0.2) is 77.9 Å². The van der Waals surface area contributed by atoms with Crippen molar-refractivity contribution < 1.29 is 19.3 Å². The Labute approximate surface area is 323 Å². The fourth-order valence-electron chi connectivity index (χ4n) is 4.00. The molecule has 5 rings (SSSR count). The van der Waals surface area contributed by atoms with Gasteiger partial charge in [0.1, 0.15) is 5.52 Å². The molecule has 5 heterocycles. The number of nitrogen functional groups attached to an aromatic ring is 3. The predicted molar refractivity (Wildman–Crippen MR) is 216 cm³/mol. The molecule has 286 valence electrons. The number of aliphatic hydroxyl groups is 1. The number of rotatable bonds is 7. The van der Waals surface area contributed by atoms with Crippen molar-refractivity contribution in [1.82, 2.24) is 34.9 Å². The average molecular weight is 813 g/mol. The van der Waals surface area contributed by atoms with Crippen molar-refractivity contribution in [2.75, 3.05) is 36.2 Å². The zero-order valence-electron chi connectivity index (χ0n) is 29.5. The van der Waals surface area contributed by atoms with Crippen molar-refractivity contribution in [3.8, 4) is 0 Å². The molecule has 0 radical (unpaired) electrons. The van der Waals surface area contributed by atoms with Gasteiger partial charge in [0, 0.05) is 18.6 Å². The van der Waals surface area contributed by atoms with E-state index in [0.29, 0.717) is 40.4 Å². The van der Waals surface area contributed by atoms with Gasteiger partial charge in [0.25, 0.3) is 5.56 Å². The number of carbonyl (C=O) groups excluding carboxylic acids is 1. The number of nitrogens with two attached hydrogens (primary N) is 4. The van der Waals surface area contributed by atoms with Gasteiger partial charge in [-0.1, -0.05) is 13.3 Å². The van der Waals surface area contributed by atoms with E-state index in [-0.39, 0.29) is 61.3 Å². The van der Waals surface area contributed by atoms with Crippen LogP contribution in [0.25, 0.3) is 22.1 Å². The van der Waals surface area contributed by atoms with Gasteiger partial charge in [-0.2, -0.15) is 4.98 Å². The number of carbonyl (C=O) groups is 1. The predicted octanol–water partition coefficient (Wildman–Crippen LogP) is 3.78. The van der Waals surface area contributed by atoms with Crippen molar-refractivity contribution in [1.29, 1.82) is 5.41 Å². The Morgan fingerprint density at radius 2 is 1.53 bits per heavy atom. The van der Waals surface area contributed by atoms with Gasteiger partial charge in [-0.05, 0) is 73.7 Å². The van der Waals surface area contributed by atoms with E-state index in [0.717, 1.165) is 29.5 Å². The molecular formula is C30H42BCl3N13O5P. The number of halogens is 3. The number of hydrogen-bond donors (Lipinski definition) is 8. The first kappa shape index (κ1) is 48.2. The quantitative estimate of drug-likeness (QED) is 0.0289. The summed E-state index contributed by atoms with van der Waals surface area (Å²) < 4.78 is 13.5. The van der Waals surface area contributed by atoms with Gasteiger partial charge in [-0.25, -0.2) is 24.7 Å². The number of aromatic nitrogens is 7. The normalized spacial score (nSPS) is 10.3. The maximum absolute atomic E-state index is 11.3. The van der Waals surface area contributed by atoms with E-state index < -0.39 is 5.97 Å². The SMILES string of the molecule is CCC[C@@H](CO)Nc1nc(N)nc2cc(C)cnc12.COC(=O)c1ncc(C)cc1N.Cc1cnc2c(=O)[nH]c(N)nc2c1.Cl.N=C(N)Cl.O=BPCl. The number of nitrogens with zero attached hydrogens (tertiary/aromatic N) is 6. The fourth-order valence-corrected chi connectivity index (χ4v) is 4.00. The molecule has 2 atom stereocenters. The van der Waals surface area contributed by atoms with Crippen molar-refractivity contribution >= 4 is 107 Å². The molecule has 23 heteroatoms. The Bertz CT molecular complexity index is 2000. The van der Waals surface area contributed by atoms with Crippen LogP contribution in [0.5, 0.6) is 0 Å². The summed E-state index contributed by atoms with van der Waals surface area (Å²) in [5.74, 6) is 0.392. The molecule has 0 aliphatic heterocycles. The zero-order valence-corrected chi connectivity index (χ0v) is 32.8. The van der Waals surface area contributed by atoms with Crippen LogP contribution in [0.4, 0.5) is 23.4 Å². The standard InChI is InChI=1S/C13H19N5O.C8H8N4O.C8H10N2O2.CH3ClN2.BClHOP.ClH/c1-3-4-9(7-19)16-12-11-10(17-13(14)18-12)5-8(2)6-15-11;1-4-2-5-6(10-3-4)7(13)12-8(9)11-5;1-5-3-6(9)7(10-4-5)8(11)12-2;2-1(3)4;2-4-1-3;/h5-6,9,19H,3-4,7H2,1-2H3,(H3,14,16,17,18);2-3H,1H3,(H3,9,11,12,13);3-4H,9H2,1-2H3;(H3,3,4);4H;1H/t9-;;;;;/m0...../s1. The topological polar surface area (TPSA) is 314 Å². The number of fused-ring (bicyclic) bond motifs is 2. The first-order valence-electron chi connectivity index (χ1n) is 15.1. The molecule has 53 heavy (non-hydrogen) atoms. The van der Waals surface area contributed by atoms with Gasteiger partial charge >= 0.3 is 36.6 Å². The molecule has 18 nitrogen and oxygen atoms in total. The van der Waals surface area contributed by atoms with Crippen LogP contribution in [0.3, 0.4) is 0 Å². The molecule has 0 bridgehead atoms. The number of esters is 1. The molecule has 5 aromatic heterocycles. The molecule has 0 aromatic carbocycles. The third-order valence-corrected chi connectivity index (χ3v) is 6.42. The summed E-state index contributed by atoms with van der Waals surface area (Å²) >= 11 is 9.48. The van der Waals surface area contributed by atoms with Crippen molar-refractivity contribution in [3.05, 3.63) is 69.5 Å². The summed E-state index contributed by atoms with van der Waals surface area (Å²) in [6, 6.07) is 5.32. The maximum atomic E-state index is 11.3. The number of aromatic amines is 1. The van der Waals surface area contributed by atoms with Crippen LogP contribution in [0.1, 0.15) is 46.9 Å². The molecule has 0 saturated carbocycles. The minimum atomic E-state index is -0.507. The molecule has 0 amide bonds. The fraction of sp³-hybridized carbons (Fsp3) is 0.300. The number of amidine groups is 1. The van der Waals surface area contributed by atoms with E-state index in [9.17, 15) is 14.7 Å². The number of methoxy groups -OCH3 is 1. The molecule has 12 N–H and O–H groups in total. The van der Waals surface area contributed by atoms with E-state index in [1.807, 2.05) is 26.8 Å². The van der Waals surface area contributed by atoms with E-state index in [1.165, 1.54) is 7.11 Å². The molecular weight excluding hydrogens is 771 g/mol. The Morgan fingerprint density at radius 1 is 1.02 bits per heavy atom. The minimum absolute atomic E-state index is 0. The van der Waals surface area contributed by atoms with Crippen LogP contribution in [0.15, 0.2) is 41.6 Å². The van der Waals surface area contributed by atoms with Crippen LogP contribution in [0.2, 0.25) is 0 Å². The number of nitrogens with one attached hydrogen (secondary N) is 3. The average Bonchev–Trinajstić information content (AvgIpc) is 3.07. The number of hydrogen-bond acceptors (Lipinski definition) is 16. The number of anilines is 4. The summed E-state index contributed by atoms with van der Waals surface area (Å²) in [6.07, 6.45) is 6.79. The second-order valence-electron chi connectivity index (χ2n) is 10.5. The van der Waals surface area contributed by atoms with E-state index in [4.69, 9.17) is 38.6 Å². The molecule has 0 saturated heterocycles. The Morgan fingerprint density at radius 3 is 2.02 bits per heavy atom. The second kappa shape index (κ2) is 25.2. The molecule has 0 aliphatic carbocycles. The van der Waals surface area contributed by atoms with Crippen LogP contribution in [0, 0.1) is 26.2 Å². The monoisotopic (exact) mass is 811 g/mol. The summed E-state index contributed by atoms with van der Waals surface area (Å²) in [7, 11) is 1.23. The van der Waals surface area contributed by atoms with E-state index in [1.54, 1.807) is 30.7 Å². The molecule has 5 aromatic rings. The summed E-state index contributed by atoms with van der Waals surface area (Å²) in [4.78, 5) is 49.1. The van der Waals surface area contributed by atoms with Crippen LogP contribution in [-0.2, 0) is 9.44 Å². The third kappa shape index (κ3) is 17.5. The first-order chi connectivity index (χ1) is 24.6. The molecule has 0 spiro atoms. The number of pyridine rings is 3. The Balaban J connectivity index is 0.000000704. The van der Waals surface area contributed by atoms with Crippen molar-refractivity contribution in [2.45, 2.75) is 46.6 Å². The number of ether oxygens (including phenoxy) is 1. The van der Waals surface area contributed by atoms with Gasteiger partial charge in [0.05, 0.1) is 36.5 Å². The van der Waals surface area contributed by atoms with Crippen LogP contribution < -0.4 is 33.8 Å². The second-order valence-corrected chi connectivity index (χ2v) is 12.0. The Kier molecular flexibility index (Phi) is 22.9. The third-order valence-electron chi connectivity index (χ3n) is 6.07.